The monoisotopic (exact) mass is 467 g/mol. The van der Waals surface area contributed by atoms with Crippen LogP contribution in [0.4, 0.5) is 15.8 Å². The fourth-order valence-corrected chi connectivity index (χ4v) is 4.78. The average molecular weight is 468 g/mol. The number of nitrogens with zero attached hydrogens (tertiary/aromatic N) is 2. The number of nitrogens with one attached hydrogen (secondary N) is 1. The summed E-state index contributed by atoms with van der Waals surface area (Å²) in [5.41, 5.74) is 3.61. The molecule has 2 aromatic rings. The molecule has 1 aliphatic carbocycles. The number of amides is 2. The molecule has 3 rings (SSSR count). The first kappa shape index (κ1) is 25.7. The molecule has 0 heterocycles. The van der Waals surface area contributed by atoms with Gasteiger partial charge >= 0.3 is 0 Å². The van der Waals surface area contributed by atoms with Crippen LogP contribution in [0.15, 0.2) is 42.5 Å². The van der Waals surface area contributed by atoms with Crippen molar-refractivity contribution in [3.05, 3.63) is 59.4 Å². The molecular formula is C28H38FN3O2. The van der Waals surface area contributed by atoms with Crippen molar-refractivity contribution < 1.29 is 14.0 Å². The summed E-state index contributed by atoms with van der Waals surface area (Å²) in [5.74, 6) is -0.0872. The normalized spacial score (nSPS) is 13.8. The van der Waals surface area contributed by atoms with Gasteiger partial charge in [0.25, 0.3) is 0 Å². The van der Waals surface area contributed by atoms with E-state index in [0.717, 1.165) is 61.0 Å². The minimum atomic E-state index is -0.290. The highest BCUT2D eigenvalue weighted by molar-refractivity contribution is 5.93. The van der Waals surface area contributed by atoms with Crippen molar-refractivity contribution in [3.8, 4) is 0 Å². The minimum Gasteiger partial charge on any atom is -0.377 e. The number of carbonyl (C=O) groups excluding carboxylic acids is 2. The second-order valence-electron chi connectivity index (χ2n) is 9.54. The second-order valence-corrected chi connectivity index (χ2v) is 9.54. The Balaban J connectivity index is 1.89. The van der Waals surface area contributed by atoms with Crippen molar-refractivity contribution in [1.29, 1.82) is 0 Å². The van der Waals surface area contributed by atoms with Crippen molar-refractivity contribution in [3.63, 3.8) is 0 Å². The van der Waals surface area contributed by atoms with Gasteiger partial charge in [0.2, 0.25) is 11.8 Å². The maximum absolute atomic E-state index is 13.5. The Morgan fingerprint density at radius 3 is 2.24 bits per heavy atom. The molecule has 34 heavy (non-hydrogen) atoms. The van der Waals surface area contributed by atoms with E-state index >= 15 is 0 Å². The molecule has 0 aliphatic heterocycles. The molecule has 0 saturated heterocycles. The molecule has 5 nitrogen and oxygen atoms in total. The van der Waals surface area contributed by atoms with Crippen LogP contribution < -0.4 is 10.2 Å². The summed E-state index contributed by atoms with van der Waals surface area (Å²) in [6, 6.07) is 12.2. The van der Waals surface area contributed by atoms with Gasteiger partial charge in [-0.1, -0.05) is 38.8 Å². The number of rotatable bonds is 10. The minimum absolute atomic E-state index is 0.0616. The van der Waals surface area contributed by atoms with Crippen molar-refractivity contribution in [2.45, 2.75) is 65.5 Å². The third kappa shape index (κ3) is 6.58. The smallest absolute Gasteiger partial charge is 0.227 e. The molecule has 0 bridgehead atoms. The van der Waals surface area contributed by atoms with Crippen LogP contribution in [-0.4, -0.2) is 30.8 Å². The summed E-state index contributed by atoms with van der Waals surface area (Å²) in [4.78, 5) is 30.0. The van der Waals surface area contributed by atoms with Gasteiger partial charge < -0.3 is 15.1 Å². The quantitative estimate of drug-likeness (QED) is 0.467. The molecule has 2 amide bonds. The largest absolute Gasteiger partial charge is 0.377 e. The zero-order valence-electron chi connectivity index (χ0n) is 20.9. The summed E-state index contributed by atoms with van der Waals surface area (Å²) in [7, 11) is 3.95. The molecule has 0 atom stereocenters. The zero-order chi connectivity index (χ0) is 24.7. The Hall–Kier alpha value is -2.89. The number of hydrogen-bond donors (Lipinski definition) is 1. The van der Waals surface area contributed by atoms with Gasteiger partial charge in [-0.25, -0.2) is 4.39 Å². The predicted octanol–water partition coefficient (Wildman–Crippen LogP) is 5.99. The number of halogens is 1. The van der Waals surface area contributed by atoms with Crippen LogP contribution in [0, 0.1) is 17.7 Å². The third-order valence-corrected chi connectivity index (χ3v) is 6.85. The maximum Gasteiger partial charge on any atom is 0.227 e. The Bertz CT molecular complexity index is 964. The summed E-state index contributed by atoms with van der Waals surface area (Å²) < 4.78 is 13.4. The molecular weight excluding hydrogens is 429 g/mol. The molecule has 184 valence electrons. The lowest BCUT2D eigenvalue weighted by atomic mass is 10.0. The van der Waals surface area contributed by atoms with Crippen molar-refractivity contribution >= 4 is 23.2 Å². The first-order valence-electron chi connectivity index (χ1n) is 12.5. The molecule has 0 spiro atoms. The highest BCUT2D eigenvalue weighted by atomic mass is 19.1. The van der Waals surface area contributed by atoms with Gasteiger partial charge in [0.1, 0.15) is 5.82 Å². The number of anilines is 2. The molecule has 1 N–H and O–H groups in total. The van der Waals surface area contributed by atoms with E-state index in [4.69, 9.17) is 0 Å². The number of carbonyl (C=O) groups is 2. The topological polar surface area (TPSA) is 52.7 Å². The Labute approximate surface area is 203 Å². The average Bonchev–Trinajstić information content (AvgIpc) is 3.36. The van der Waals surface area contributed by atoms with Crippen LogP contribution in [0.1, 0.15) is 63.5 Å². The van der Waals surface area contributed by atoms with Gasteiger partial charge in [-0.15, -0.1) is 0 Å². The van der Waals surface area contributed by atoms with E-state index in [1.54, 1.807) is 12.1 Å². The van der Waals surface area contributed by atoms with E-state index in [2.05, 4.69) is 5.32 Å². The predicted molar refractivity (Wildman–Crippen MR) is 136 cm³/mol. The van der Waals surface area contributed by atoms with E-state index in [1.807, 2.05) is 55.9 Å². The molecule has 0 radical (unpaired) electrons. The van der Waals surface area contributed by atoms with Crippen LogP contribution in [0.2, 0.25) is 0 Å². The number of benzene rings is 2. The summed E-state index contributed by atoms with van der Waals surface area (Å²) in [6.45, 7) is 4.88. The Morgan fingerprint density at radius 1 is 1.00 bits per heavy atom. The van der Waals surface area contributed by atoms with Crippen LogP contribution in [0.25, 0.3) is 0 Å². The zero-order valence-corrected chi connectivity index (χ0v) is 20.9. The van der Waals surface area contributed by atoms with Gasteiger partial charge in [-0.2, -0.15) is 0 Å². The third-order valence-electron chi connectivity index (χ3n) is 6.85. The lowest BCUT2D eigenvalue weighted by Gasteiger charge is -2.29. The Kier molecular flexibility index (Phi) is 9.08. The SMILES string of the molecule is CCC(CC)C(=O)N(Cc1ccc(F)cc1)Cc1cc(NC(=O)C2CCCC2)ccc1N(C)C. The first-order valence-corrected chi connectivity index (χ1v) is 12.5. The fourth-order valence-electron chi connectivity index (χ4n) is 4.78. The van der Waals surface area contributed by atoms with Crippen LogP contribution in [-0.2, 0) is 22.7 Å². The van der Waals surface area contributed by atoms with Crippen LogP contribution in [0.3, 0.4) is 0 Å². The summed E-state index contributed by atoms with van der Waals surface area (Å²) in [6.07, 6.45) is 5.66. The van der Waals surface area contributed by atoms with Gasteiger partial charge in [0.15, 0.2) is 0 Å². The molecule has 0 aromatic heterocycles. The van der Waals surface area contributed by atoms with Crippen LogP contribution >= 0.6 is 0 Å². The standard InChI is InChI=1S/C28H38FN3O2/c1-5-21(6-2)28(34)32(18-20-11-13-24(29)14-12-20)19-23-17-25(15-16-26(23)31(3)4)30-27(33)22-9-7-8-10-22/h11-17,21-22H,5-10,18-19H2,1-4H3,(H,30,33). The van der Waals surface area contributed by atoms with Gasteiger partial charge in [0, 0.05) is 50.4 Å². The highest BCUT2D eigenvalue weighted by Gasteiger charge is 2.25. The molecule has 1 fully saturated rings. The lowest BCUT2D eigenvalue weighted by Crippen LogP contribution is -2.35. The first-order chi connectivity index (χ1) is 16.3. The molecule has 1 aliphatic rings. The summed E-state index contributed by atoms with van der Waals surface area (Å²) >= 11 is 0. The van der Waals surface area contributed by atoms with E-state index in [0.29, 0.717) is 13.1 Å². The van der Waals surface area contributed by atoms with Crippen LogP contribution in [0.5, 0.6) is 0 Å². The Morgan fingerprint density at radius 2 is 1.65 bits per heavy atom. The van der Waals surface area contributed by atoms with E-state index in [1.165, 1.54) is 12.1 Å². The van der Waals surface area contributed by atoms with Crippen molar-refractivity contribution in [1.82, 2.24) is 4.90 Å². The summed E-state index contributed by atoms with van der Waals surface area (Å²) in [5, 5.41) is 3.09. The number of hydrogen-bond acceptors (Lipinski definition) is 3. The molecule has 1 saturated carbocycles. The molecule has 2 aromatic carbocycles. The fraction of sp³-hybridized carbons (Fsp3) is 0.500. The van der Waals surface area contributed by atoms with Crippen molar-refractivity contribution in [2.24, 2.45) is 11.8 Å². The lowest BCUT2D eigenvalue weighted by molar-refractivity contribution is -0.137. The highest BCUT2D eigenvalue weighted by Crippen LogP contribution is 2.29. The van der Waals surface area contributed by atoms with Gasteiger partial charge in [-0.05, 0) is 67.1 Å². The van der Waals surface area contributed by atoms with E-state index in [-0.39, 0.29) is 29.5 Å². The molecule has 6 heteroatoms. The van der Waals surface area contributed by atoms with E-state index < -0.39 is 0 Å². The van der Waals surface area contributed by atoms with Gasteiger partial charge in [0.05, 0.1) is 0 Å². The second kappa shape index (κ2) is 12.0. The van der Waals surface area contributed by atoms with Crippen molar-refractivity contribution in [2.75, 3.05) is 24.3 Å². The molecule has 0 unspecified atom stereocenters. The van der Waals surface area contributed by atoms with E-state index in [9.17, 15) is 14.0 Å². The van der Waals surface area contributed by atoms with Gasteiger partial charge in [-0.3, -0.25) is 9.59 Å². The maximum atomic E-state index is 13.5.